The van der Waals surface area contributed by atoms with E-state index in [1.165, 1.54) is 0 Å². The SMILES string of the molecule is COc1ccc(C(=O)Oc2ccc(/C=N\Nc3nc4ccccc4s3)cc2)cc1. The van der Waals surface area contributed by atoms with Gasteiger partial charge in [-0.3, -0.25) is 5.43 Å². The zero-order chi connectivity index (χ0) is 20.1. The number of rotatable bonds is 6. The molecule has 0 aliphatic rings. The molecule has 144 valence electrons. The van der Waals surface area contributed by atoms with Gasteiger partial charge in [0.15, 0.2) is 0 Å². The molecule has 4 aromatic rings. The summed E-state index contributed by atoms with van der Waals surface area (Å²) < 4.78 is 11.6. The van der Waals surface area contributed by atoms with E-state index >= 15 is 0 Å². The Morgan fingerprint density at radius 2 is 1.72 bits per heavy atom. The Kier molecular flexibility index (Phi) is 5.49. The number of carbonyl (C=O) groups excluding carboxylic acids is 1. The van der Waals surface area contributed by atoms with Gasteiger partial charge in [0.05, 0.1) is 29.1 Å². The number of hydrogen-bond acceptors (Lipinski definition) is 7. The zero-order valence-corrected chi connectivity index (χ0v) is 16.3. The van der Waals surface area contributed by atoms with Gasteiger partial charge in [-0.1, -0.05) is 23.5 Å². The number of nitrogens with zero attached hydrogens (tertiary/aromatic N) is 2. The number of aromatic nitrogens is 1. The first-order valence-electron chi connectivity index (χ1n) is 8.82. The van der Waals surface area contributed by atoms with Crippen molar-refractivity contribution in [2.24, 2.45) is 5.10 Å². The van der Waals surface area contributed by atoms with Crippen molar-refractivity contribution in [1.82, 2.24) is 4.98 Å². The van der Waals surface area contributed by atoms with Gasteiger partial charge in [0.2, 0.25) is 5.13 Å². The molecule has 0 aliphatic heterocycles. The number of esters is 1. The van der Waals surface area contributed by atoms with Crippen LogP contribution in [0.15, 0.2) is 77.9 Å². The van der Waals surface area contributed by atoms with Crippen LogP contribution in [0.5, 0.6) is 11.5 Å². The van der Waals surface area contributed by atoms with Crippen LogP contribution in [0.3, 0.4) is 0 Å². The maximum atomic E-state index is 12.2. The summed E-state index contributed by atoms with van der Waals surface area (Å²) in [6, 6.07) is 21.8. The average Bonchev–Trinajstić information content (AvgIpc) is 3.18. The molecule has 0 amide bonds. The number of fused-ring (bicyclic) bond motifs is 1. The van der Waals surface area contributed by atoms with E-state index in [1.54, 1.807) is 61.1 Å². The van der Waals surface area contributed by atoms with E-state index in [4.69, 9.17) is 9.47 Å². The third-order valence-corrected chi connectivity index (χ3v) is 5.03. The molecule has 0 saturated heterocycles. The number of benzene rings is 3. The predicted octanol–water partition coefficient (Wildman–Crippen LogP) is 4.97. The molecular formula is C22H17N3O3S. The monoisotopic (exact) mass is 403 g/mol. The third-order valence-electron chi connectivity index (χ3n) is 4.08. The molecule has 0 radical (unpaired) electrons. The minimum Gasteiger partial charge on any atom is -0.497 e. The highest BCUT2D eigenvalue weighted by molar-refractivity contribution is 7.22. The van der Waals surface area contributed by atoms with E-state index in [9.17, 15) is 4.79 Å². The van der Waals surface area contributed by atoms with Gasteiger partial charge in [-0.05, 0) is 66.2 Å². The second-order valence-corrected chi connectivity index (χ2v) is 7.07. The van der Waals surface area contributed by atoms with Crippen molar-refractivity contribution >= 4 is 38.9 Å². The molecule has 29 heavy (non-hydrogen) atoms. The average molecular weight is 403 g/mol. The molecule has 7 heteroatoms. The summed E-state index contributed by atoms with van der Waals surface area (Å²) in [6.45, 7) is 0. The van der Waals surface area contributed by atoms with Gasteiger partial charge in [-0.25, -0.2) is 9.78 Å². The number of para-hydroxylation sites is 1. The van der Waals surface area contributed by atoms with Crippen LogP contribution in [0.4, 0.5) is 5.13 Å². The molecule has 0 aliphatic carbocycles. The van der Waals surface area contributed by atoms with Gasteiger partial charge >= 0.3 is 5.97 Å². The van der Waals surface area contributed by atoms with Gasteiger partial charge in [0.25, 0.3) is 0 Å². The van der Waals surface area contributed by atoms with E-state index < -0.39 is 5.97 Å². The minimum atomic E-state index is -0.424. The van der Waals surface area contributed by atoms with Crippen LogP contribution >= 0.6 is 11.3 Å². The van der Waals surface area contributed by atoms with Crippen LogP contribution < -0.4 is 14.9 Å². The second kappa shape index (κ2) is 8.53. The molecule has 0 spiro atoms. The Bertz CT molecular complexity index is 1120. The highest BCUT2D eigenvalue weighted by Gasteiger charge is 2.08. The Morgan fingerprint density at radius 3 is 2.45 bits per heavy atom. The van der Waals surface area contributed by atoms with E-state index in [2.05, 4.69) is 15.5 Å². The summed E-state index contributed by atoms with van der Waals surface area (Å²) in [5.41, 5.74) is 5.20. The number of thiazole rings is 1. The summed E-state index contributed by atoms with van der Waals surface area (Å²) in [4.78, 5) is 16.7. The largest absolute Gasteiger partial charge is 0.497 e. The van der Waals surface area contributed by atoms with Crippen LogP contribution in [0.2, 0.25) is 0 Å². The van der Waals surface area contributed by atoms with Crippen LogP contribution in [0.25, 0.3) is 10.2 Å². The Balaban J connectivity index is 1.35. The fourth-order valence-electron chi connectivity index (χ4n) is 2.60. The first-order valence-corrected chi connectivity index (χ1v) is 9.64. The number of methoxy groups -OCH3 is 1. The van der Waals surface area contributed by atoms with E-state index in [0.29, 0.717) is 17.1 Å². The van der Waals surface area contributed by atoms with Crippen LogP contribution in [-0.2, 0) is 0 Å². The van der Waals surface area contributed by atoms with Crippen LogP contribution in [0.1, 0.15) is 15.9 Å². The van der Waals surface area contributed by atoms with Gasteiger partial charge < -0.3 is 9.47 Å². The van der Waals surface area contributed by atoms with E-state index in [-0.39, 0.29) is 0 Å². The minimum absolute atomic E-state index is 0.424. The molecule has 0 saturated carbocycles. The zero-order valence-electron chi connectivity index (χ0n) is 15.5. The molecule has 3 aromatic carbocycles. The number of carbonyl (C=O) groups is 1. The van der Waals surface area contributed by atoms with Crippen molar-refractivity contribution in [3.8, 4) is 11.5 Å². The quantitative estimate of drug-likeness (QED) is 0.213. The number of nitrogens with one attached hydrogen (secondary N) is 1. The Hall–Kier alpha value is -3.71. The van der Waals surface area contributed by atoms with Gasteiger partial charge in [0.1, 0.15) is 11.5 Å². The molecule has 6 nitrogen and oxygen atoms in total. The lowest BCUT2D eigenvalue weighted by atomic mass is 10.2. The summed E-state index contributed by atoms with van der Waals surface area (Å²) >= 11 is 1.54. The van der Waals surface area contributed by atoms with Crippen LogP contribution in [0, 0.1) is 0 Å². The fraction of sp³-hybridized carbons (Fsp3) is 0.0455. The van der Waals surface area contributed by atoms with Gasteiger partial charge in [-0.2, -0.15) is 5.10 Å². The third kappa shape index (κ3) is 4.59. The maximum Gasteiger partial charge on any atom is 0.343 e. The van der Waals surface area contributed by atoms with Crippen molar-refractivity contribution in [3.05, 3.63) is 83.9 Å². The lowest BCUT2D eigenvalue weighted by Gasteiger charge is -2.05. The first-order chi connectivity index (χ1) is 14.2. The number of hydrogen-bond donors (Lipinski definition) is 1. The Labute approximate surface area is 171 Å². The predicted molar refractivity (Wildman–Crippen MR) is 115 cm³/mol. The summed E-state index contributed by atoms with van der Waals surface area (Å²) in [5.74, 6) is 0.721. The lowest BCUT2D eigenvalue weighted by Crippen LogP contribution is -2.08. The smallest absolute Gasteiger partial charge is 0.343 e. The fourth-order valence-corrected chi connectivity index (χ4v) is 3.41. The molecule has 0 atom stereocenters. The molecule has 0 fully saturated rings. The lowest BCUT2D eigenvalue weighted by molar-refractivity contribution is 0.0734. The second-order valence-electron chi connectivity index (χ2n) is 6.04. The first kappa shape index (κ1) is 18.6. The normalized spacial score (nSPS) is 10.9. The molecule has 1 heterocycles. The molecular weight excluding hydrogens is 386 g/mol. The van der Waals surface area contributed by atoms with Gasteiger partial charge in [0, 0.05) is 0 Å². The maximum absolute atomic E-state index is 12.2. The van der Waals surface area contributed by atoms with Crippen molar-refractivity contribution in [2.75, 3.05) is 12.5 Å². The topological polar surface area (TPSA) is 72.8 Å². The van der Waals surface area contributed by atoms with Crippen molar-refractivity contribution in [3.63, 3.8) is 0 Å². The van der Waals surface area contributed by atoms with Crippen LogP contribution in [-0.4, -0.2) is 24.3 Å². The van der Waals surface area contributed by atoms with Crippen molar-refractivity contribution < 1.29 is 14.3 Å². The molecule has 1 N–H and O–H groups in total. The van der Waals surface area contributed by atoms with Crippen molar-refractivity contribution in [1.29, 1.82) is 0 Å². The van der Waals surface area contributed by atoms with Crippen molar-refractivity contribution in [2.45, 2.75) is 0 Å². The summed E-state index contributed by atoms with van der Waals surface area (Å²) in [5, 5.41) is 4.94. The van der Waals surface area contributed by atoms with Gasteiger partial charge in [-0.15, -0.1) is 0 Å². The summed E-state index contributed by atoms with van der Waals surface area (Å²) in [7, 11) is 1.58. The van der Waals surface area contributed by atoms with E-state index in [0.717, 1.165) is 20.9 Å². The van der Waals surface area contributed by atoms with E-state index in [1.807, 2.05) is 36.4 Å². The molecule has 4 rings (SSSR count). The molecule has 0 bridgehead atoms. The highest BCUT2D eigenvalue weighted by atomic mass is 32.1. The molecule has 1 aromatic heterocycles. The standard InChI is InChI=1S/C22H17N3O3S/c1-27-17-12-8-16(9-13-17)21(26)28-18-10-6-15(7-11-18)14-23-25-22-24-19-4-2-3-5-20(19)29-22/h2-14H,1H3,(H,24,25)/b23-14-. The Morgan fingerprint density at radius 1 is 1.00 bits per heavy atom. The number of ether oxygens (including phenoxy) is 2. The summed E-state index contributed by atoms with van der Waals surface area (Å²) in [6.07, 6.45) is 1.68. The number of hydrazone groups is 1. The molecule has 0 unspecified atom stereocenters. The highest BCUT2D eigenvalue weighted by Crippen LogP contribution is 2.25. The number of anilines is 1.